The molecular formula is C29H31F2N7O4. The van der Waals surface area contributed by atoms with Crippen LogP contribution in [0.2, 0.25) is 0 Å². The number of pyridine rings is 2. The van der Waals surface area contributed by atoms with Gasteiger partial charge < -0.3 is 25.8 Å². The second-order valence-electron chi connectivity index (χ2n) is 11.1. The van der Waals surface area contributed by atoms with Gasteiger partial charge in [-0.25, -0.2) is 18.6 Å². The number of benzene rings is 1. The van der Waals surface area contributed by atoms with Crippen molar-refractivity contribution in [1.82, 2.24) is 24.7 Å². The summed E-state index contributed by atoms with van der Waals surface area (Å²) in [6.45, 7) is 2.69. The Morgan fingerprint density at radius 2 is 1.74 bits per heavy atom. The lowest BCUT2D eigenvalue weighted by atomic mass is 9.91. The number of likely N-dealkylation sites (tertiary alicyclic amines) is 2. The zero-order valence-electron chi connectivity index (χ0n) is 22.8. The Labute approximate surface area is 241 Å². The average molecular weight is 580 g/mol. The maximum absolute atomic E-state index is 14.2. The first-order chi connectivity index (χ1) is 20.2. The molecule has 0 bridgehead atoms. The SMILES string of the molecule is Nc1ccc(OC2CN(C(=O)c3ccc(CN4CC5(CCN(Cc6c(F)cc(N)cc6F)CC5)OC4=O)nc3)C2)nc1. The number of nitrogens with zero attached hydrogens (tertiary/aromatic N) is 5. The molecule has 2 aromatic heterocycles. The average Bonchev–Trinajstić information content (AvgIpc) is 3.24. The molecule has 0 aliphatic carbocycles. The Morgan fingerprint density at radius 1 is 1.00 bits per heavy atom. The molecule has 3 saturated heterocycles. The number of nitrogen functional groups attached to an aromatic ring is 2. The van der Waals surface area contributed by atoms with Crippen molar-refractivity contribution >= 4 is 23.4 Å². The van der Waals surface area contributed by atoms with E-state index in [9.17, 15) is 18.4 Å². The van der Waals surface area contributed by atoms with Crippen molar-refractivity contribution in [2.45, 2.75) is 37.6 Å². The quantitative estimate of drug-likeness (QED) is 0.405. The molecule has 220 valence electrons. The molecular weight excluding hydrogens is 548 g/mol. The molecule has 2 amide bonds. The van der Waals surface area contributed by atoms with Crippen LogP contribution in [-0.4, -0.2) is 81.1 Å². The van der Waals surface area contributed by atoms with Crippen molar-refractivity contribution in [3.05, 3.63) is 77.2 Å². The molecule has 11 nitrogen and oxygen atoms in total. The molecule has 6 rings (SSSR count). The third-order valence-electron chi connectivity index (χ3n) is 7.96. The standard InChI is InChI=1S/C29H31F2N7O4/c30-24-9-20(33)10-25(31)23(24)16-36-7-5-29(6-8-36)17-38(28(40)42-29)13-21-3-1-18(11-34-21)27(39)37-14-22(15-37)41-26-4-2-19(32)12-35-26/h1-4,9-12,22H,5-8,13-17,32-33H2. The van der Waals surface area contributed by atoms with Crippen molar-refractivity contribution in [2.24, 2.45) is 0 Å². The molecule has 1 spiro atoms. The van der Waals surface area contributed by atoms with Crippen LogP contribution in [0, 0.1) is 11.6 Å². The molecule has 0 unspecified atom stereocenters. The molecule has 5 heterocycles. The second kappa shape index (κ2) is 11.0. The minimum absolute atomic E-state index is 0.0177. The summed E-state index contributed by atoms with van der Waals surface area (Å²) in [5, 5.41) is 0. The van der Waals surface area contributed by atoms with Gasteiger partial charge in [0.1, 0.15) is 23.3 Å². The van der Waals surface area contributed by atoms with Gasteiger partial charge in [0.15, 0.2) is 0 Å². The molecule has 3 aliphatic rings. The number of carbonyl (C=O) groups excluding carboxylic acids is 2. The van der Waals surface area contributed by atoms with E-state index in [1.54, 1.807) is 34.1 Å². The number of aromatic nitrogens is 2. The monoisotopic (exact) mass is 579 g/mol. The number of carbonyl (C=O) groups is 2. The number of ether oxygens (including phenoxy) is 2. The summed E-state index contributed by atoms with van der Waals surface area (Å²) in [4.78, 5) is 39.3. The van der Waals surface area contributed by atoms with Crippen molar-refractivity contribution in [3.63, 3.8) is 0 Å². The van der Waals surface area contributed by atoms with Gasteiger partial charge >= 0.3 is 6.09 Å². The molecule has 4 N–H and O–H groups in total. The Kier molecular flexibility index (Phi) is 7.27. The van der Waals surface area contributed by atoms with E-state index in [1.807, 2.05) is 4.90 Å². The predicted molar refractivity (Wildman–Crippen MR) is 148 cm³/mol. The fraction of sp³-hybridized carbons (Fsp3) is 0.379. The largest absolute Gasteiger partial charge is 0.471 e. The summed E-state index contributed by atoms with van der Waals surface area (Å²) in [5.74, 6) is -1.02. The Bertz CT molecular complexity index is 1450. The normalized spacial score (nSPS) is 18.7. The van der Waals surface area contributed by atoms with Crippen LogP contribution < -0.4 is 16.2 Å². The van der Waals surface area contributed by atoms with E-state index in [1.165, 1.54) is 12.4 Å². The molecule has 3 aliphatic heterocycles. The van der Waals surface area contributed by atoms with Gasteiger partial charge in [-0.05, 0) is 30.3 Å². The first-order valence-corrected chi connectivity index (χ1v) is 13.7. The fourth-order valence-electron chi connectivity index (χ4n) is 5.52. The van der Waals surface area contributed by atoms with Gasteiger partial charge in [-0.1, -0.05) is 0 Å². The van der Waals surface area contributed by atoms with Crippen LogP contribution in [-0.2, 0) is 17.8 Å². The number of halogens is 2. The second-order valence-corrected chi connectivity index (χ2v) is 11.1. The molecule has 3 aromatic rings. The molecule has 1 aromatic carbocycles. The third-order valence-corrected chi connectivity index (χ3v) is 7.96. The van der Waals surface area contributed by atoms with Crippen LogP contribution in [0.25, 0.3) is 0 Å². The summed E-state index contributed by atoms with van der Waals surface area (Å²) in [5.41, 5.74) is 12.2. The van der Waals surface area contributed by atoms with Crippen molar-refractivity contribution in [2.75, 3.05) is 44.2 Å². The topological polar surface area (TPSA) is 140 Å². The maximum Gasteiger partial charge on any atom is 0.410 e. The van der Waals surface area contributed by atoms with E-state index in [0.717, 1.165) is 12.1 Å². The molecule has 42 heavy (non-hydrogen) atoms. The summed E-state index contributed by atoms with van der Waals surface area (Å²) in [6.07, 6.45) is 3.55. The Hall–Kier alpha value is -4.52. The highest BCUT2D eigenvalue weighted by Crippen LogP contribution is 2.35. The Balaban J connectivity index is 0.981. The van der Waals surface area contributed by atoms with Crippen LogP contribution in [0.5, 0.6) is 5.88 Å². The van der Waals surface area contributed by atoms with Gasteiger partial charge in [0.2, 0.25) is 5.88 Å². The van der Waals surface area contributed by atoms with Crippen molar-refractivity contribution in [1.29, 1.82) is 0 Å². The molecule has 13 heteroatoms. The van der Waals surface area contributed by atoms with Crippen LogP contribution in [0.3, 0.4) is 0 Å². The van der Waals surface area contributed by atoms with Gasteiger partial charge in [0.05, 0.1) is 49.3 Å². The zero-order valence-corrected chi connectivity index (χ0v) is 22.8. The first kappa shape index (κ1) is 27.6. The molecule has 0 radical (unpaired) electrons. The van der Waals surface area contributed by atoms with E-state index in [4.69, 9.17) is 20.9 Å². The van der Waals surface area contributed by atoms with Gasteiger partial charge in [0, 0.05) is 56.0 Å². The summed E-state index contributed by atoms with van der Waals surface area (Å²) < 4.78 is 40.0. The summed E-state index contributed by atoms with van der Waals surface area (Å²) in [7, 11) is 0. The van der Waals surface area contributed by atoms with Crippen LogP contribution in [0.1, 0.15) is 34.5 Å². The molecule has 0 atom stereocenters. The number of anilines is 2. The first-order valence-electron chi connectivity index (χ1n) is 13.7. The highest BCUT2D eigenvalue weighted by atomic mass is 19.1. The lowest BCUT2D eigenvalue weighted by Gasteiger charge is -2.38. The summed E-state index contributed by atoms with van der Waals surface area (Å²) in [6, 6.07) is 9.07. The minimum Gasteiger partial charge on any atom is -0.471 e. The van der Waals surface area contributed by atoms with E-state index >= 15 is 0 Å². The van der Waals surface area contributed by atoms with E-state index in [2.05, 4.69) is 9.97 Å². The van der Waals surface area contributed by atoms with E-state index < -0.39 is 23.3 Å². The van der Waals surface area contributed by atoms with Gasteiger partial charge in [0.25, 0.3) is 5.91 Å². The highest BCUT2D eigenvalue weighted by molar-refractivity contribution is 5.94. The zero-order chi connectivity index (χ0) is 29.4. The van der Waals surface area contributed by atoms with E-state index in [0.29, 0.717) is 68.4 Å². The molecule has 0 saturated carbocycles. The molecule has 3 fully saturated rings. The van der Waals surface area contributed by atoms with Crippen LogP contribution >= 0.6 is 0 Å². The lowest BCUT2D eigenvalue weighted by molar-refractivity contribution is -0.00165. The van der Waals surface area contributed by atoms with E-state index in [-0.39, 0.29) is 36.4 Å². The number of rotatable bonds is 7. The van der Waals surface area contributed by atoms with Crippen molar-refractivity contribution < 1.29 is 27.8 Å². The number of hydrogen-bond acceptors (Lipinski definition) is 9. The van der Waals surface area contributed by atoms with Crippen LogP contribution in [0.15, 0.2) is 48.8 Å². The number of amides is 2. The maximum atomic E-state index is 14.2. The Morgan fingerprint density at radius 3 is 2.38 bits per heavy atom. The predicted octanol–water partition coefficient (Wildman–Crippen LogP) is 2.81. The number of nitrogens with two attached hydrogens (primary N) is 2. The third kappa shape index (κ3) is 5.77. The smallest absolute Gasteiger partial charge is 0.410 e. The van der Waals surface area contributed by atoms with Crippen LogP contribution in [0.4, 0.5) is 25.0 Å². The number of piperidine rings is 1. The van der Waals surface area contributed by atoms with Gasteiger partial charge in [-0.3, -0.25) is 19.6 Å². The van der Waals surface area contributed by atoms with Gasteiger partial charge in [-0.15, -0.1) is 0 Å². The van der Waals surface area contributed by atoms with Crippen molar-refractivity contribution in [3.8, 4) is 5.88 Å². The minimum atomic E-state index is -0.665. The summed E-state index contributed by atoms with van der Waals surface area (Å²) >= 11 is 0. The fourth-order valence-corrected chi connectivity index (χ4v) is 5.52. The lowest BCUT2D eigenvalue weighted by Crippen LogP contribution is -2.56. The van der Waals surface area contributed by atoms with Gasteiger partial charge in [-0.2, -0.15) is 0 Å². The highest BCUT2D eigenvalue weighted by Gasteiger charge is 2.47. The number of hydrogen-bond donors (Lipinski definition) is 2.